The number of carbonyl (C=O) groups excluding carboxylic acids is 1. The van der Waals surface area contributed by atoms with E-state index in [4.69, 9.17) is 16.3 Å². The van der Waals surface area contributed by atoms with Crippen LogP contribution in [0.4, 0.5) is 0 Å². The molecule has 140 valence electrons. The van der Waals surface area contributed by atoms with E-state index in [1.807, 2.05) is 41.2 Å². The molecule has 2 aromatic carbocycles. The molecule has 0 fully saturated rings. The molecule has 5 nitrogen and oxygen atoms in total. The molecule has 0 spiro atoms. The summed E-state index contributed by atoms with van der Waals surface area (Å²) >= 11 is 9.32. The van der Waals surface area contributed by atoms with Gasteiger partial charge in [-0.15, -0.1) is 0 Å². The van der Waals surface area contributed by atoms with Crippen LogP contribution in [0.25, 0.3) is 0 Å². The number of nitrogens with zero attached hydrogens (tertiary/aromatic N) is 2. The van der Waals surface area contributed by atoms with E-state index in [0.717, 1.165) is 23.0 Å². The van der Waals surface area contributed by atoms with Crippen molar-refractivity contribution in [3.05, 3.63) is 81.5 Å². The third kappa shape index (κ3) is 6.12. The molecule has 3 rings (SSSR count). The quantitative estimate of drug-likeness (QED) is 0.508. The Morgan fingerprint density at radius 2 is 2.07 bits per heavy atom. The van der Waals surface area contributed by atoms with Gasteiger partial charge in [-0.25, -0.2) is 0 Å². The Balaban J connectivity index is 1.47. The van der Waals surface area contributed by atoms with E-state index in [9.17, 15) is 4.79 Å². The van der Waals surface area contributed by atoms with Gasteiger partial charge in [-0.1, -0.05) is 29.8 Å². The lowest BCUT2D eigenvalue weighted by atomic mass is 10.1. The largest absolute Gasteiger partial charge is 0.489 e. The van der Waals surface area contributed by atoms with Crippen molar-refractivity contribution >= 4 is 33.4 Å². The van der Waals surface area contributed by atoms with Gasteiger partial charge in [0.15, 0.2) is 0 Å². The molecule has 7 heteroatoms. The molecule has 0 aliphatic heterocycles. The van der Waals surface area contributed by atoms with Gasteiger partial charge in [0.05, 0.1) is 10.7 Å². The highest BCUT2D eigenvalue weighted by Crippen LogP contribution is 2.18. The number of aryl methyl sites for hydroxylation is 1. The van der Waals surface area contributed by atoms with Crippen LogP contribution in [-0.2, 0) is 13.2 Å². The summed E-state index contributed by atoms with van der Waals surface area (Å²) in [4.78, 5) is 12.3. The molecule has 0 aliphatic carbocycles. The van der Waals surface area contributed by atoms with Gasteiger partial charge >= 0.3 is 0 Å². The molecule has 1 heterocycles. The minimum Gasteiger partial charge on any atom is -0.489 e. The van der Waals surface area contributed by atoms with Crippen molar-refractivity contribution in [3.8, 4) is 5.75 Å². The summed E-state index contributed by atoms with van der Waals surface area (Å²) < 4.78 is 8.51. The first-order valence-electron chi connectivity index (χ1n) is 8.53. The van der Waals surface area contributed by atoms with E-state index in [-0.39, 0.29) is 5.91 Å². The van der Waals surface area contributed by atoms with Crippen LogP contribution in [0.5, 0.6) is 5.75 Å². The number of carbonyl (C=O) groups is 1. The van der Waals surface area contributed by atoms with Crippen LogP contribution in [0.15, 0.2) is 65.4 Å². The number of benzene rings is 2. The molecule has 27 heavy (non-hydrogen) atoms. The molecule has 0 saturated carbocycles. The highest BCUT2D eigenvalue weighted by molar-refractivity contribution is 9.10. The summed E-state index contributed by atoms with van der Waals surface area (Å²) in [7, 11) is 0. The highest BCUT2D eigenvalue weighted by atomic mass is 79.9. The van der Waals surface area contributed by atoms with Crippen molar-refractivity contribution in [1.82, 2.24) is 15.1 Å². The fourth-order valence-corrected chi connectivity index (χ4v) is 3.04. The molecule has 3 aromatic rings. The number of aromatic nitrogens is 2. The van der Waals surface area contributed by atoms with Gasteiger partial charge in [-0.05, 0) is 58.2 Å². The first kappa shape index (κ1) is 19.5. The maximum atomic E-state index is 12.3. The normalized spacial score (nSPS) is 10.6. The second-order valence-electron chi connectivity index (χ2n) is 5.98. The number of hydrogen-bond donors (Lipinski definition) is 1. The summed E-state index contributed by atoms with van der Waals surface area (Å²) in [6.45, 7) is 1.70. The van der Waals surface area contributed by atoms with Gasteiger partial charge in [0, 0.05) is 29.9 Å². The number of rotatable bonds is 8. The maximum absolute atomic E-state index is 12.3. The van der Waals surface area contributed by atoms with Crippen LogP contribution in [0, 0.1) is 0 Å². The second kappa shape index (κ2) is 9.58. The van der Waals surface area contributed by atoms with E-state index >= 15 is 0 Å². The van der Waals surface area contributed by atoms with Crippen molar-refractivity contribution in [1.29, 1.82) is 0 Å². The average Bonchev–Trinajstić information content (AvgIpc) is 3.09. The predicted molar refractivity (Wildman–Crippen MR) is 109 cm³/mol. The fourth-order valence-electron chi connectivity index (χ4n) is 2.53. The van der Waals surface area contributed by atoms with Crippen molar-refractivity contribution < 1.29 is 9.53 Å². The summed E-state index contributed by atoms with van der Waals surface area (Å²) in [6.07, 6.45) is 4.46. The topological polar surface area (TPSA) is 56.2 Å². The van der Waals surface area contributed by atoms with Crippen LogP contribution in [-0.4, -0.2) is 22.2 Å². The summed E-state index contributed by atoms with van der Waals surface area (Å²) in [5.41, 5.74) is 1.54. The number of ether oxygens (including phenoxy) is 1. The van der Waals surface area contributed by atoms with Crippen LogP contribution in [0.2, 0.25) is 5.02 Å². The van der Waals surface area contributed by atoms with Gasteiger partial charge in [-0.3, -0.25) is 9.48 Å². The van der Waals surface area contributed by atoms with Crippen LogP contribution >= 0.6 is 27.5 Å². The Hall–Kier alpha value is -2.31. The Bertz CT molecular complexity index is 914. The van der Waals surface area contributed by atoms with Gasteiger partial charge in [0.2, 0.25) is 0 Å². The Morgan fingerprint density at radius 1 is 1.22 bits per heavy atom. The van der Waals surface area contributed by atoms with E-state index in [2.05, 4.69) is 26.3 Å². The van der Waals surface area contributed by atoms with E-state index in [1.54, 1.807) is 24.4 Å². The predicted octanol–water partition coefficient (Wildman–Crippen LogP) is 4.70. The molecule has 0 radical (unpaired) electrons. The van der Waals surface area contributed by atoms with Crippen molar-refractivity contribution in [2.24, 2.45) is 0 Å². The lowest BCUT2D eigenvalue weighted by Gasteiger charge is -2.09. The molecule has 1 amide bonds. The van der Waals surface area contributed by atoms with Gasteiger partial charge in [-0.2, -0.15) is 5.10 Å². The molecule has 0 aliphatic rings. The average molecular weight is 449 g/mol. The zero-order valence-electron chi connectivity index (χ0n) is 14.6. The maximum Gasteiger partial charge on any atom is 0.251 e. The van der Waals surface area contributed by atoms with E-state index in [1.165, 1.54) is 0 Å². The number of amides is 1. The first-order chi connectivity index (χ1) is 13.1. The van der Waals surface area contributed by atoms with Gasteiger partial charge < -0.3 is 10.1 Å². The minimum absolute atomic E-state index is 0.0961. The molecule has 0 saturated heterocycles. The summed E-state index contributed by atoms with van der Waals surface area (Å²) in [5.74, 6) is 0.601. The number of halogens is 2. The number of nitrogens with one attached hydrogen (secondary N) is 1. The molecule has 1 aromatic heterocycles. The Morgan fingerprint density at radius 3 is 2.85 bits per heavy atom. The lowest BCUT2D eigenvalue weighted by Crippen LogP contribution is -2.25. The fraction of sp³-hybridized carbons (Fsp3) is 0.200. The first-order valence-corrected chi connectivity index (χ1v) is 9.71. The van der Waals surface area contributed by atoms with Crippen LogP contribution in [0.1, 0.15) is 22.3 Å². The Kier molecular flexibility index (Phi) is 6.90. The van der Waals surface area contributed by atoms with Crippen molar-refractivity contribution in [2.75, 3.05) is 6.54 Å². The summed E-state index contributed by atoms with van der Waals surface area (Å²) in [6, 6.07) is 14.7. The smallest absolute Gasteiger partial charge is 0.251 e. The number of hydrogen-bond acceptors (Lipinski definition) is 3. The molecular weight excluding hydrogens is 430 g/mol. The van der Waals surface area contributed by atoms with Crippen molar-refractivity contribution in [2.45, 2.75) is 19.6 Å². The third-order valence-electron chi connectivity index (χ3n) is 3.84. The van der Waals surface area contributed by atoms with E-state index in [0.29, 0.717) is 29.5 Å². The van der Waals surface area contributed by atoms with E-state index < -0.39 is 0 Å². The minimum atomic E-state index is -0.0961. The standard InChI is InChI=1S/C20H19BrClN3O2/c21-17-12-24-25(13-17)9-3-8-23-20(26)16-5-1-4-15(10-16)14-27-19-7-2-6-18(22)11-19/h1-2,4-7,10-13H,3,8-9,14H2,(H,23,26). The lowest BCUT2D eigenvalue weighted by molar-refractivity contribution is 0.0952. The van der Waals surface area contributed by atoms with Gasteiger partial charge in [0.1, 0.15) is 12.4 Å². The van der Waals surface area contributed by atoms with Crippen LogP contribution < -0.4 is 10.1 Å². The second-order valence-corrected chi connectivity index (χ2v) is 7.33. The van der Waals surface area contributed by atoms with Crippen LogP contribution in [0.3, 0.4) is 0 Å². The monoisotopic (exact) mass is 447 g/mol. The van der Waals surface area contributed by atoms with Crippen molar-refractivity contribution in [3.63, 3.8) is 0 Å². The van der Waals surface area contributed by atoms with Gasteiger partial charge in [0.25, 0.3) is 5.91 Å². The Labute approximate surface area is 171 Å². The molecular formula is C20H19BrClN3O2. The molecule has 0 unspecified atom stereocenters. The third-order valence-corrected chi connectivity index (χ3v) is 4.49. The molecule has 0 bridgehead atoms. The SMILES string of the molecule is O=C(NCCCn1cc(Br)cn1)c1cccc(COc2cccc(Cl)c2)c1. The molecule has 1 N–H and O–H groups in total. The molecule has 0 atom stereocenters. The summed E-state index contributed by atoms with van der Waals surface area (Å²) in [5, 5.41) is 7.75. The zero-order valence-corrected chi connectivity index (χ0v) is 16.9. The highest BCUT2D eigenvalue weighted by Gasteiger charge is 2.06. The zero-order chi connectivity index (χ0) is 19.1.